The fourth-order valence-electron chi connectivity index (χ4n) is 3.58. The van der Waals surface area contributed by atoms with Crippen molar-refractivity contribution in [3.8, 4) is 0 Å². The molecule has 1 aromatic carbocycles. The molecule has 2 aromatic heterocycles. The summed E-state index contributed by atoms with van der Waals surface area (Å²) in [4.78, 5) is 19.2. The van der Waals surface area contributed by atoms with Crippen LogP contribution in [0, 0.1) is 0 Å². The maximum atomic E-state index is 12.7. The molecule has 152 valence electrons. The van der Waals surface area contributed by atoms with Crippen molar-refractivity contribution < 1.29 is 9.21 Å². The van der Waals surface area contributed by atoms with E-state index in [2.05, 4.69) is 25.4 Å². The van der Waals surface area contributed by atoms with Gasteiger partial charge >= 0.3 is 0 Å². The van der Waals surface area contributed by atoms with Crippen LogP contribution in [0.3, 0.4) is 0 Å². The summed E-state index contributed by atoms with van der Waals surface area (Å²) < 4.78 is 5.65. The van der Waals surface area contributed by atoms with Crippen LogP contribution in [0.25, 0.3) is 0 Å². The number of aromatic nitrogens is 3. The summed E-state index contributed by atoms with van der Waals surface area (Å²) >= 11 is 1.58. The van der Waals surface area contributed by atoms with Gasteiger partial charge in [-0.3, -0.25) is 14.8 Å². The van der Waals surface area contributed by atoms with Gasteiger partial charge in [0.1, 0.15) is 12.1 Å². The summed E-state index contributed by atoms with van der Waals surface area (Å²) in [6.07, 6.45) is 6.85. The van der Waals surface area contributed by atoms with E-state index in [1.54, 1.807) is 18.0 Å². The third-order valence-electron chi connectivity index (χ3n) is 5.14. The molecule has 3 aromatic rings. The maximum absolute atomic E-state index is 12.7. The number of hydrogen-bond acceptors (Lipinski definition) is 6. The number of furan rings is 1. The minimum atomic E-state index is -0.0620. The number of aromatic amines is 1. The molecule has 2 N–H and O–H groups in total. The minimum absolute atomic E-state index is 0.0620. The van der Waals surface area contributed by atoms with Gasteiger partial charge < -0.3 is 9.73 Å². The molecule has 1 amide bonds. The van der Waals surface area contributed by atoms with Gasteiger partial charge in [0.25, 0.3) is 5.91 Å². The van der Waals surface area contributed by atoms with Gasteiger partial charge in [-0.05, 0) is 55.8 Å². The highest BCUT2D eigenvalue weighted by molar-refractivity contribution is 7.98. The molecular formula is C21H25N5O2S. The molecule has 1 aliphatic rings. The van der Waals surface area contributed by atoms with E-state index in [0.29, 0.717) is 12.1 Å². The summed E-state index contributed by atoms with van der Waals surface area (Å²) in [7, 11) is 0. The highest BCUT2D eigenvalue weighted by Crippen LogP contribution is 2.24. The normalized spacial score (nSPS) is 15.9. The molecule has 3 heterocycles. The second kappa shape index (κ2) is 9.76. The Morgan fingerprint density at radius 3 is 2.72 bits per heavy atom. The molecule has 1 atom stereocenters. The average Bonchev–Trinajstić information content (AvgIpc) is 3.48. The van der Waals surface area contributed by atoms with Gasteiger partial charge in [0.05, 0.1) is 12.3 Å². The number of amides is 1. The van der Waals surface area contributed by atoms with Gasteiger partial charge in [-0.25, -0.2) is 4.98 Å². The largest absolute Gasteiger partial charge is 0.468 e. The molecule has 0 saturated carbocycles. The van der Waals surface area contributed by atoms with Gasteiger partial charge in [0, 0.05) is 17.9 Å². The van der Waals surface area contributed by atoms with Crippen molar-refractivity contribution >= 4 is 17.7 Å². The van der Waals surface area contributed by atoms with Crippen molar-refractivity contribution in [2.45, 2.75) is 36.2 Å². The van der Waals surface area contributed by atoms with Crippen LogP contribution in [0.1, 0.15) is 47.0 Å². The van der Waals surface area contributed by atoms with E-state index >= 15 is 0 Å². The predicted octanol–water partition coefficient (Wildman–Crippen LogP) is 3.65. The van der Waals surface area contributed by atoms with E-state index in [0.717, 1.165) is 35.3 Å². The maximum Gasteiger partial charge on any atom is 0.251 e. The van der Waals surface area contributed by atoms with Crippen molar-refractivity contribution in [2.24, 2.45) is 0 Å². The Morgan fingerprint density at radius 2 is 2.03 bits per heavy atom. The Kier molecular flexibility index (Phi) is 6.63. The zero-order valence-electron chi connectivity index (χ0n) is 16.2. The van der Waals surface area contributed by atoms with E-state index in [1.807, 2.05) is 36.4 Å². The molecule has 0 radical (unpaired) electrons. The van der Waals surface area contributed by atoms with Crippen LogP contribution in [-0.2, 0) is 5.75 Å². The molecule has 1 fully saturated rings. The smallest absolute Gasteiger partial charge is 0.251 e. The molecule has 0 aliphatic carbocycles. The molecule has 7 nitrogen and oxygen atoms in total. The van der Waals surface area contributed by atoms with Crippen LogP contribution in [0.4, 0.5) is 0 Å². The Hall–Kier alpha value is -2.58. The van der Waals surface area contributed by atoms with Gasteiger partial charge in [-0.15, -0.1) is 0 Å². The van der Waals surface area contributed by atoms with E-state index < -0.39 is 0 Å². The number of thioether (sulfide) groups is 1. The second-order valence-electron chi connectivity index (χ2n) is 7.11. The number of benzene rings is 1. The van der Waals surface area contributed by atoms with Gasteiger partial charge in [0.2, 0.25) is 0 Å². The van der Waals surface area contributed by atoms with Crippen molar-refractivity contribution in [3.63, 3.8) is 0 Å². The van der Waals surface area contributed by atoms with E-state index in [1.165, 1.54) is 25.6 Å². The summed E-state index contributed by atoms with van der Waals surface area (Å²) in [6, 6.07) is 11.7. The van der Waals surface area contributed by atoms with E-state index in [9.17, 15) is 4.79 Å². The van der Waals surface area contributed by atoms with Crippen molar-refractivity contribution in [3.05, 3.63) is 65.9 Å². The SMILES string of the molecule is O=C(NCC(c1ccco1)N1CCCCC1)c1ccc(CSc2ncn[nH]2)cc1. The first kappa shape index (κ1) is 19.7. The number of rotatable bonds is 8. The number of likely N-dealkylation sites (tertiary alicyclic amines) is 1. The molecule has 0 spiro atoms. The number of carbonyl (C=O) groups excluding carboxylic acids is 1. The molecule has 4 rings (SSSR count). The Bertz CT molecular complexity index is 874. The third kappa shape index (κ3) is 5.27. The molecule has 1 aliphatic heterocycles. The molecule has 1 saturated heterocycles. The van der Waals surface area contributed by atoms with Gasteiger partial charge in [-0.1, -0.05) is 30.3 Å². The summed E-state index contributed by atoms with van der Waals surface area (Å²) in [5.41, 5.74) is 1.79. The number of H-pyrrole nitrogens is 1. The monoisotopic (exact) mass is 411 g/mol. The number of nitrogens with zero attached hydrogens (tertiary/aromatic N) is 3. The van der Waals surface area contributed by atoms with E-state index in [4.69, 9.17) is 4.42 Å². The zero-order chi connectivity index (χ0) is 19.9. The Labute approximate surface area is 174 Å². The van der Waals surface area contributed by atoms with E-state index in [-0.39, 0.29) is 11.9 Å². The van der Waals surface area contributed by atoms with Gasteiger partial charge in [0.15, 0.2) is 5.16 Å². The first-order valence-corrected chi connectivity index (χ1v) is 10.9. The van der Waals surface area contributed by atoms with Gasteiger partial charge in [-0.2, -0.15) is 5.10 Å². The predicted molar refractivity (Wildman–Crippen MR) is 112 cm³/mol. The zero-order valence-corrected chi connectivity index (χ0v) is 17.0. The average molecular weight is 412 g/mol. The topological polar surface area (TPSA) is 87.1 Å². The molecule has 8 heteroatoms. The fourth-order valence-corrected chi connectivity index (χ4v) is 4.31. The lowest BCUT2D eigenvalue weighted by Gasteiger charge is -2.33. The third-order valence-corrected chi connectivity index (χ3v) is 6.09. The number of nitrogens with one attached hydrogen (secondary N) is 2. The molecule has 1 unspecified atom stereocenters. The lowest BCUT2D eigenvalue weighted by atomic mass is 10.1. The van der Waals surface area contributed by atoms with Crippen LogP contribution in [0.15, 0.2) is 58.6 Å². The molecule has 0 bridgehead atoms. The Balaban J connectivity index is 1.33. The van der Waals surface area contributed by atoms with Crippen molar-refractivity contribution in [1.82, 2.24) is 25.4 Å². The lowest BCUT2D eigenvalue weighted by molar-refractivity contribution is 0.0914. The first-order valence-electron chi connectivity index (χ1n) is 9.92. The van der Waals surface area contributed by atoms with Crippen LogP contribution >= 0.6 is 11.8 Å². The summed E-state index contributed by atoms with van der Waals surface area (Å²) in [5.74, 6) is 1.62. The Morgan fingerprint density at radius 1 is 1.21 bits per heavy atom. The fraction of sp³-hybridized carbons (Fsp3) is 0.381. The number of piperidine rings is 1. The highest BCUT2D eigenvalue weighted by atomic mass is 32.2. The minimum Gasteiger partial charge on any atom is -0.468 e. The number of hydrogen-bond donors (Lipinski definition) is 2. The van der Waals surface area contributed by atoms with Crippen molar-refractivity contribution in [2.75, 3.05) is 19.6 Å². The second-order valence-corrected chi connectivity index (χ2v) is 8.08. The quantitative estimate of drug-likeness (QED) is 0.550. The summed E-state index contributed by atoms with van der Waals surface area (Å²) in [6.45, 7) is 2.62. The van der Waals surface area contributed by atoms with Crippen LogP contribution < -0.4 is 5.32 Å². The first-order chi connectivity index (χ1) is 14.3. The molecular weight excluding hydrogens is 386 g/mol. The summed E-state index contributed by atoms with van der Waals surface area (Å²) in [5, 5.41) is 10.5. The number of carbonyl (C=O) groups is 1. The van der Waals surface area contributed by atoms with Crippen molar-refractivity contribution in [1.29, 1.82) is 0 Å². The van der Waals surface area contributed by atoms with Crippen LogP contribution in [0.2, 0.25) is 0 Å². The lowest BCUT2D eigenvalue weighted by Crippen LogP contribution is -2.40. The van der Waals surface area contributed by atoms with Crippen LogP contribution in [0.5, 0.6) is 0 Å². The molecule has 29 heavy (non-hydrogen) atoms. The van der Waals surface area contributed by atoms with Crippen LogP contribution in [-0.4, -0.2) is 45.6 Å². The highest BCUT2D eigenvalue weighted by Gasteiger charge is 2.25. The standard InChI is InChI=1S/C21H25N5O2S/c27-20(17-8-6-16(7-9-17)14-29-21-23-15-24-25-21)22-13-18(19-5-4-12-28-19)26-10-2-1-3-11-26/h4-9,12,15,18H,1-3,10-11,13-14H2,(H,22,27)(H,23,24,25).